The van der Waals surface area contributed by atoms with Gasteiger partial charge >= 0.3 is 0 Å². The minimum atomic E-state index is -0.916. The molecule has 136 valence electrons. The van der Waals surface area contributed by atoms with E-state index in [9.17, 15) is 14.9 Å². The fraction of sp³-hybridized carbons (Fsp3) is 0.500. The Labute approximate surface area is 148 Å². The Kier molecular flexibility index (Phi) is 7.40. The second kappa shape index (κ2) is 9.04. The van der Waals surface area contributed by atoms with Crippen molar-refractivity contribution in [3.05, 3.63) is 24.3 Å². The van der Waals surface area contributed by atoms with Gasteiger partial charge in [-0.05, 0) is 25.0 Å². The average molecular weight is 347 g/mol. The second-order valence-corrected chi connectivity index (χ2v) is 6.61. The van der Waals surface area contributed by atoms with E-state index >= 15 is 0 Å². The first-order valence-electron chi connectivity index (χ1n) is 8.17. The van der Waals surface area contributed by atoms with Crippen molar-refractivity contribution in [2.75, 3.05) is 32.6 Å². The molecule has 2 atom stereocenters. The number of carbonyl (C=O) groups is 2. The number of likely N-dealkylation sites (N-methyl/N-ethyl adjacent to an activating group) is 1. The van der Waals surface area contributed by atoms with Crippen LogP contribution < -0.4 is 20.3 Å². The van der Waals surface area contributed by atoms with E-state index in [-0.39, 0.29) is 30.8 Å². The van der Waals surface area contributed by atoms with Crippen LogP contribution in [0.4, 0.5) is 5.69 Å². The third-order valence-electron chi connectivity index (χ3n) is 4.06. The minimum absolute atomic E-state index is 0.0156. The molecular formula is C18H27N4O3+. The lowest BCUT2D eigenvalue weighted by atomic mass is 9.90. The van der Waals surface area contributed by atoms with Crippen LogP contribution in [0.5, 0.6) is 5.75 Å². The summed E-state index contributed by atoms with van der Waals surface area (Å²) in [6, 6.07) is 9.20. The fourth-order valence-electron chi connectivity index (χ4n) is 2.15. The SMILES string of the molecule is COc1cccc(NC(=O)C[NH+](C)CC(=O)N[C@@](C)(C#N)C(C)C)c1. The number of hydrogen-bond donors (Lipinski definition) is 3. The molecule has 1 aromatic rings. The molecule has 0 aliphatic carbocycles. The van der Waals surface area contributed by atoms with Crippen LogP contribution in [0.2, 0.25) is 0 Å². The maximum atomic E-state index is 12.1. The van der Waals surface area contributed by atoms with Crippen LogP contribution in [0.3, 0.4) is 0 Å². The standard InChI is InChI=1S/C18H26N4O3/c1-13(2)18(3,12-19)21-17(24)11-22(4)10-16(23)20-14-7-6-8-15(9-14)25-5/h6-9,13H,10-11H2,1-5H3,(H,20,23)(H,21,24)/p+1/t18-/m0/s1. The highest BCUT2D eigenvalue weighted by Gasteiger charge is 2.31. The van der Waals surface area contributed by atoms with Crippen LogP contribution in [0.1, 0.15) is 20.8 Å². The lowest BCUT2D eigenvalue weighted by Crippen LogP contribution is -3.11. The van der Waals surface area contributed by atoms with Crippen molar-refractivity contribution in [3.8, 4) is 11.8 Å². The zero-order chi connectivity index (χ0) is 19.0. The maximum absolute atomic E-state index is 12.1. The molecule has 0 aromatic heterocycles. The molecule has 7 heteroatoms. The van der Waals surface area contributed by atoms with E-state index in [1.807, 2.05) is 13.8 Å². The predicted octanol–water partition coefficient (Wildman–Crippen LogP) is 0.203. The maximum Gasteiger partial charge on any atom is 0.279 e. The monoisotopic (exact) mass is 347 g/mol. The van der Waals surface area contributed by atoms with Crippen LogP contribution >= 0.6 is 0 Å². The van der Waals surface area contributed by atoms with Gasteiger partial charge in [-0.3, -0.25) is 9.59 Å². The number of nitrogens with zero attached hydrogens (tertiary/aromatic N) is 1. The Morgan fingerprint density at radius 2 is 1.96 bits per heavy atom. The van der Waals surface area contributed by atoms with Gasteiger partial charge in [0.15, 0.2) is 13.1 Å². The fourth-order valence-corrected chi connectivity index (χ4v) is 2.15. The van der Waals surface area contributed by atoms with Gasteiger partial charge in [0.05, 0.1) is 20.2 Å². The highest BCUT2D eigenvalue weighted by Crippen LogP contribution is 2.16. The summed E-state index contributed by atoms with van der Waals surface area (Å²) in [4.78, 5) is 24.9. The smallest absolute Gasteiger partial charge is 0.279 e. The summed E-state index contributed by atoms with van der Waals surface area (Å²) >= 11 is 0. The summed E-state index contributed by atoms with van der Waals surface area (Å²) in [5, 5.41) is 14.8. The summed E-state index contributed by atoms with van der Waals surface area (Å²) in [6.07, 6.45) is 0. The summed E-state index contributed by atoms with van der Waals surface area (Å²) in [7, 11) is 3.31. The van der Waals surface area contributed by atoms with Crippen molar-refractivity contribution < 1.29 is 19.2 Å². The van der Waals surface area contributed by atoms with Crippen molar-refractivity contribution in [2.45, 2.75) is 26.3 Å². The van der Waals surface area contributed by atoms with E-state index in [0.717, 1.165) is 4.90 Å². The lowest BCUT2D eigenvalue weighted by Gasteiger charge is -2.27. The number of nitrogens with one attached hydrogen (secondary N) is 3. The van der Waals surface area contributed by atoms with E-state index in [2.05, 4.69) is 16.7 Å². The molecule has 0 aliphatic rings. The zero-order valence-electron chi connectivity index (χ0n) is 15.5. The molecule has 0 radical (unpaired) electrons. The van der Waals surface area contributed by atoms with Gasteiger partial charge in [-0.1, -0.05) is 19.9 Å². The molecule has 0 heterocycles. The molecule has 0 saturated heterocycles. The van der Waals surface area contributed by atoms with Gasteiger partial charge < -0.3 is 20.3 Å². The molecule has 2 amide bonds. The first kappa shape index (κ1) is 20.5. The van der Waals surface area contributed by atoms with Crippen molar-refractivity contribution in [1.29, 1.82) is 5.26 Å². The zero-order valence-corrected chi connectivity index (χ0v) is 15.5. The number of hydrogen-bond acceptors (Lipinski definition) is 4. The molecule has 3 N–H and O–H groups in total. The van der Waals surface area contributed by atoms with Crippen LogP contribution in [0, 0.1) is 17.2 Å². The topological polar surface area (TPSA) is 95.7 Å². The molecule has 1 unspecified atom stereocenters. The Morgan fingerprint density at radius 1 is 1.32 bits per heavy atom. The normalized spacial score (nSPS) is 14.1. The highest BCUT2D eigenvalue weighted by molar-refractivity contribution is 5.91. The summed E-state index contributed by atoms with van der Waals surface area (Å²) in [5.74, 6) is 0.176. The van der Waals surface area contributed by atoms with Gasteiger partial charge in [0.1, 0.15) is 11.3 Å². The van der Waals surface area contributed by atoms with Crippen molar-refractivity contribution in [3.63, 3.8) is 0 Å². The van der Waals surface area contributed by atoms with Crippen molar-refractivity contribution >= 4 is 17.5 Å². The predicted molar refractivity (Wildman–Crippen MR) is 95.2 cm³/mol. The average Bonchev–Trinajstić information content (AvgIpc) is 2.54. The molecule has 1 aromatic carbocycles. The summed E-state index contributed by atoms with van der Waals surface area (Å²) < 4.78 is 5.11. The number of quaternary nitrogens is 1. The molecule has 0 bridgehead atoms. The lowest BCUT2D eigenvalue weighted by molar-refractivity contribution is -0.862. The third kappa shape index (κ3) is 6.43. The molecule has 0 saturated carbocycles. The quantitative estimate of drug-likeness (QED) is 0.626. The van der Waals surface area contributed by atoms with E-state index in [1.54, 1.807) is 45.3 Å². The van der Waals surface area contributed by atoms with Gasteiger partial charge in [-0.25, -0.2) is 0 Å². The van der Waals surface area contributed by atoms with E-state index in [4.69, 9.17) is 4.74 Å². The van der Waals surface area contributed by atoms with Crippen LogP contribution in [-0.2, 0) is 9.59 Å². The molecule has 0 aliphatic heterocycles. The number of methoxy groups -OCH3 is 1. The summed E-state index contributed by atoms with van der Waals surface area (Å²) in [6.45, 7) is 5.69. The Hall–Kier alpha value is -2.59. The second-order valence-electron chi connectivity index (χ2n) is 6.61. The number of benzene rings is 1. The number of carbonyl (C=O) groups excluding carboxylic acids is 2. The van der Waals surface area contributed by atoms with Gasteiger partial charge in [0.25, 0.3) is 11.8 Å². The molecule has 25 heavy (non-hydrogen) atoms. The van der Waals surface area contributed by atoms with Gasteiger partial charge in [0, 0.05) is 11.8 Å². The first-order chi connectivity index (χ1) is 11.7. The van der Waals surface area contributed by atoms with E-state index < -0.39 is 5.54 Å². The first-order valence-corrected chi connectivity index (χ1v) is 8.17. The molecule has 1 rings (SSSR count). The molecule has 0 spiro atoms. The third-order valence-corrected chi connectivity index (χ3v) is 4.06. The highest BCUT2D eigenvalue weighted by atomic mass is 16.5. The van der Waals surface area contributed by atoms with Crippen LogP contribution in [-0.4, -0.2) is 44.6 Å². The van der Waals surface area contributed by atoms with Gasteiger partial charge in [0.2, 0.25) is 0 Å². The van der Waals surface area contributed by atoms with Crippen molar-refractivity contribution in [1.82, 2.24) is 5.32 Å². The van der Waals surface area contributed by atoms with Crippen LogP contribution in [0.15, 0.2) is 24.3 Å². The molecule has 7 nitrogen and oxygen atoms in total. The number of amides is 2. The molecule has 0 fully saturated rings. The van der Waals surface area contributed by atoms with Gasteiger partial charge in [-0.15, -0.1) is 0 Å². The molecular weight excluding hydrogens is 320 g/mol. The summed E-state index contributed by atoms with van der Waals surface area (Å²) in [5.41, 5.74) is -0.279. The number of nitriles is 1. The largest absolute Gasteiger partial charge is 0.497 e. The Bertz CT molecular complexity index is 654. The van der Waals surface area contributed by atoms with Gasteiger partial charge in [-0.2, -0.15) is 5.26 Å². The number of anilines is 1. The minimum Gasteiger partial charge on any atom is -0.497 e. The Morgan fingerprint density at radius 3 is 2.52 bits per heavy atom. The number of ether oxygens (including phenoxy) is 1. The van der Waals surface area contributed by atoms with E-state index in [1.165, 1.54) is 0 Å². The van der Waals surface area contributed by atoms with Crippen molar-refractivity contribution in [2.24, 2.45) is 5.92 Å². The number of rotatable bonds is 8. The Balaban J connectivity index is 2.52. The van der Waals surface area contributed by atoms with Crippen LogP contribution in [0.25, 0.3) is 0 Å². The van der Waals surface area contributed by atoms with E-state index in [0.29, 0.717) is 11.4 Å².